The largest absolute Gasteiger partial charge is 0.493 e. The molecule has 4 aromatic rings. The second kappa shape index (κ2) is 9.02. The van der Waals surface area contributed by atoms with Gasteiger partial charge in [-0.2, -0.15) is 0 Å². The quantitative estimate of drug-likeness (QED) is 0.372. The van der Waals surface area contributed by atoms with E-state index < -0.39 is 5.41 Å². The number of nitrogens with zero attached hydrogens (tertiary/aromatic N) is 1. The monoisotopic (exact) mass is 516 g/mol. The topological polar surface area (TPSA) is 67.9 Å². The summed E-state index contributed by atoms with van der Waals surface area (Å²) in [5, 5.41) is 3.02. The first kappa shape index (κ1) is 23.5. The van der Waals surface area contributed by atoms with Gasteiger partial charge in [-0.15, -0.1) is 0 Å². The summed E-state index contributed by atoms with van der Waals surface area (Å²) in [7, 11) is 0. The Balaban J connectivity index is 1.17. The van der Waals surface area contributed by atoms with E-state index in [0.717, 1.165) is 63.5 Å². The van der Waals surface area contributed by atoms with Crippen molar-refractivity contribution in [3.05, 3.63) is 118 Å². The number of benzene rings is 4. The first-order valence-electron chi connectivity index (χ1n) is 13.4. The number of anilines is 2. The van der Waals surface area contributed by atoms with E-state index in [1.165, 1.54) is 0 Å². The zero-order valence-corrected chi connectivity index (χ0v) is 21.7. The maximum Gasteiger partial charge on any atom is 0.255 e. The van der Waals surface area contributed by atoms with Crippen molar-refractivity contribution in [1.29, 1.82) is 0 Å². The van der Waals surface area contributed by atoms with Gasteiger partial charge >= 0.3 is 0 Å². The fourth-order valence-corrected chi connectivity index (χ4v) is 6.09. The van der Waals surface area contributed by atoms with Crippen LogP contribution in [-0.4, -0.2) is 25.0 Å². The van der Waals surface area contributed by atoms with Crippen molar-refractivity contribution in [2.24, 2.45) is 0 Å². The Hall–Kier alpha value is -4.58. The molecule has 0 saturated carbocycles. The van der Waals surface area contributed by atoms with Crippen LogP contribution >= 0.6 is 0 Å². The Bertz CT molecular complexity index is 1630. The minimum Gasteiger partial charge on any atom is -0.493 e. The summed E-state index contributed by atoms with van der Waals surface area (Å²) in [4.78, 5) is 29.0. The first-order chi connectivity index (χ1) is 19.1. The summed E-state index contributed by atoms with van der Waals surface area (Å²) in [5.74, 6) is 1.43. The standard InChI is InChI=1S/C33H28N2O4/c1-2-22-7-3-5-9-27(22)34-31(36)23-13-11-21(12-14-23)19-35-28-10-6-4-8-25(28)33(32(35)37)20-39-30-18-29-24(15-16-38-29)17-26(30)33/h3-14,17-18H,2,15-16,19-20H2,1H3,(H,34,36). The van der Waals surface area contributed by atoms with Crippen molar-refractivity contribution >= 4 is 23.2 Å². The Morgan fingerprint density at radius 3 is 2.56 bits per heavy atom. The molecular formula is C33H28N2O4. The molecular weight excluding hydrogens is 488 g/mol. The predicted molar refractivity (Wildman–Crippen MR) is 150 cm³/mol. The van der Waals surface area contributed by atoms with Crippen LogP contribution in [-0.2, 0) is 29.6 Å². The molecule has 39 heavy (non-hydrogen) atoms. The highest BCUT2D eigenvalue weighted by Gasteiger charge is 2.57. The van der Waals surface area contributed by atoms with Gasteiger partial charge in [0.05, 0.1) is 13.2 Å². The number of hydrogen-bond acceptors (Lipinski definition) is 4. The van der Waals surface area contributed by atoms with Crippen LogP contribution in [0.3, 0.4) is 0 Å². The van der Waals surface area contributed by atoms with E-state index in [4.69, 9.17) is 9.47 Å². The number of amides is 2. The zero-order valence-electron chi connectivity index (χ0n) is 21.7. The van der Waals surface area contributed by atoms with Gasteiger partial charge in [-0.1, -0.05) is 55.5 Å². The number of fused-ring (bicyclic) bond motifs is 5. The summed E-state index contributed by atoms with van der Waals surface area (Å²) >= 11 is 0. The fourth-order valence-electron chi connectivity index (χ4n) is 6.09. The number of para-hydroxylation sites is 2. The molecule has 1 unspecified atom stereocenters. The van der Waals surface area contributed by atoms with Gasteiger partial charge in [0.2, 0.25) is 5.91 Å². The molecule has 0 aliphatic carbocycles. The van der Waals surface area contributed by atoms with Crippen LogP contribution in [0.15, 0.2) is 84.9 Å². The highest BCUT2D eigenvalue weighted by molar-refractivity contribution is 6.11. The van der Waals surface area contributed by atoms with Crippen molar-refractivity contribution in [2.75, 3.05) is 23.4 Å². The Kier molecular flexibility index (Phi) is 5.44. The van der Waals surface area contributed by atoms with E-state index in [2.05, 4.69) is 18.3 Å². The van der Waals surface area contributed by atoms with E-state index in [1.807, 2.05) is 83.8 Å². The fraction of sp³-hybridized carbons (Fsp3) is 0.212. The molecule has 3 aliphatic heterocycles. The van der Waals surface area contributed by atoms with E-state index in [9.17, 15) is 9.59 Å². The van der Waals surface area contributed by atoms with Gasteiger partial charge in [0.25, 0.3) is 5.91 Å². The number of hydrogen-bond donors (Lipinski definition) is 1. The molecule has 6 nitrogen and oxygen atoms in total. The van der Waals surface area contributed by atoms with Gasteiger partial charge in [0.15, 0.2) is 0 Å². The third-order valence-corrected chi connectivity index (χ3v) is 8.16. The predicted octanol–water partition coefficient (Wildman–Crippen LogP) is 5.66. The number of nitrogens with one attached hydrogen (secondary N) is 1. The summed E-state index contributed by atoms with van der Waals surface area (Å²) in [5.41, 5.74) is 6.49. The Morgan fingerprint density at radius 1 is 0.923 bits per heavy atom. The van der Waals surface area contributed by atoms with E-state index in [1.54, 1.807) is 0 Å². The molecule has 4 aromatic carbocycles. The van der Waals surface area contributed by atoms with Gasteiger partial charge < -0.3 is 19.7 Å². The molecule has 3 aliphatic rings. The van der Waals surface area contributed by atoms with E-state index >= 15 is 0 Å². The van der Waals surface area contributed by atoms with Gasteiger partial charge in [-0.05, 0) is 59.0 Å². The number of aryl methyl sites for hydroxylation is 1. The van der Waals surface area contributed by atoms with Crippen molar-refractivity contribution in [2.45, 2.75) is 31.7 Å². The molecule has 3 heterocycles. The molecule has 1 spiro atoms. The lowest BCUT2D eigenvalue weighted by Crippen LogP contribution is -2.42. The molecule has 1 atom stereocenters. The molecule has 0 aromatic heterocycles. The molecule has 0 radical (unpaired) electrons. The minimum absolute atomic E-state index is 0.0132. The highest BCUT2D eigenvalue weighted by atomic mass is 16.5. The highest BCUT2D eigenvalue weighted by Crippen LogP contribution is 2.54. The number of carbonyl (C=O) groups excluding carboxylic acids is 2. The SMILES string of the molecule is CCc1ccccc1NC(=O)c1ccc(CN2C(=O)C3(COc4cc5c(cc43)CCO5)c3ccccc32)cc1. The normalized spacial score (nSPS) is 18.4. The molecule has 194 valence electrons. The van der Waals surface area contributed by atoms with E-state index in [-0.39, 0.29) is 18.4 Å². The first-order valence-corrected chi connectivity index (χ1v) is 13.4. The molecule has 0 fully saturated rings. The molecule has 6 heteroatoms. The van der Waals surface area contributed by atoms with Gasteiger partial charge in [-0.25, -0.2) is 0 Å². The van der Waals surface area contributed by atoms with Crippen LogP contribution in [0.2, 0.25) is 0 Å². The summed E-state index contributed by atoms with van der Waals surface area (Å²) in [6.07, 6.45) is 1.68. The third kappa shape index (κ3) is 3.62. The number of rotatable bonds is 5. The average molecular weight is 517 g/mol. The van der Waals surface area contributed by atoms with Crippen LogP contribution in [0.25, 0.3) is 0 Å². The van der Waals surface area contributed by atoms with Crippen LogP contribution in [0.1, 0.15) is 45.1 Å². The molecule has 7 rings (SSSR count). The number of carbonyl (C=O) groups is 2. The second-order valence-electron chi connectivity index (χ2n) is 10.3. The Morgan fingerprint density at radius 2 is 1.72 bits per heavy atom. The van der Waals surface area contributed by atoms with Crippen LogP contribution in [0.4, 0.5) is 11.4 Å². The molecule has 1 N–H and O–H groups in total. The minimum atomic E-state index is -0.865. The van der Waals surface area contributed by atoms with Crippen LogP contribution in [0, 0.1) is 0 Å². The van der Waals surface area contributed by atoms with Crippen molar-refractivity contribution in [1.82, 2.24) is 0 Å². The lowest BCUT2D eigenvalue weighted by molar-refractivity contribution is -0.122. The zero-order chi connectivity index (χ0) is 26.6. The molecule has 0 bridgehead atoms. The summed E-state index contributed by atoms with van der Waals surface area (Å²) < 4.78 is 11.9. The van der Waals surface area contributed by atoms with Crippen LogP contribution < -0.4 is 19.7 Å². The summed E-state index contributed by atoms with van der Waals surface area (Å²) in [6.45, 7) is 3.40. The molecule has 0 saturated heterocycles. The summed E-state index contributed by atoms with van der Waals surface area (Å²) in [6, 6.07) is 27.3. The van der Waals surface area contributed by atoms with Gasteiger partial charge in [0.1, 0.15) is 23.5 Å². The lowest BCUT2D eigenvalue weighted by Gasteiger charge is -2.23. The van der Waals surface area contributed by atoms with Gasteiger partial charge in [0, 0.05) is 35.0 Å². The third-order valence-electron chi connectivity index (χ3n) is 8.16. The number of ether oxygens (including phenoxy) is 2. The maximum absolute atomic E-state index is 14.2. The lowest BCUT2D eigenvalue weighted by atomic mass is 9.76. The van der Waals surface area contributed by atoms with Crippen molar-refractivity contribution in [3.63, 3.8) is 0 Å². The Labute approximate surface area is 227 Å². The smallest absolute Gasteiger partial charge is 0.255 e. The van der Waals surface area contributed by atoms with Gasteiger partial charge in [-0.3, -0.25) is 9.59 Å². The van der Waals surface area contributed by atoms with Crippen LogP contribution in [0.5, 0.6) is 11.5 Å². The molecule has 2 amide bonds. The maximum atomic E-state index is 14.2. The van der Waals surface area contributed by atoms with Crippen molar-refractivity contribution < 1.29 is 19.1 Å². The van der Waals surface area contributed by atoms with E-state index in [0.29, 0.717) is 18.7 Å². The average Bonchev–Trinajstić information content (AvgIpc) is 3.65. The van der Waals surface area contributed by atoms with Crippen molar-refractivity contribution in [3.8, 4) is 11.5 Å². The second-order valence-corrected chi connectivity index (χ2v) is 10.3.